The number of pyridine rings is 1. The minimum Gasteiger partial charge on any atom is -0.467 e. The molecule has 4 aromatic rings. The Labute approximate surface area is 290 Å². The van der Waals surface area contributed by atoms with Crippen LogP contribution in [0.2, 0.25) is 0 Å². The SMILES string of the molecule is COC(=O)[C@@H]1C[C@H](Oc2nccc(-c3nccc4nc(C)n(C[C@H](CN(C)C(=O)OC(C)(C)C)OC)c34)n2)CN1C(=O)OCc1ccccc1. The van der Waals surface area contributed by atoms with Gasteiger partial charge in [-0.1, -0.05) is 30.3 Å². The number of likely N-dealkylation sites (tertiary alicyclic amines) is 1. The number of esters is 1. The summed E-state index contributed by atoms with van der Waals surface area (Å²) in [7, 11) is 4.52. The van der Waals surface area contributed by atoms with E-state index < -0.39 is 42.0 Å². The molecule has 0 spiro atoms. The van der Waals surface area contributed by atoms with Gasteiger partial charge in [0.15, 0.2) is 0 Å². The van der Waals surface area contributed by atoms with Crippen LogP contribution in [0, 0.1) is 6.92 Å². The van der Waals surface area contributed by atoms with Gasteiger partial charge in [-0.15, -0.1) is 0 Å². The average Bonchev–Trinajstić information content (AvgIpc) is 3.66. The number of hydrogen-bond acceptors (Lipinski definition) is 12. The van der Waals surface area contributed by atoms with Gasteiger partial charge in [0.2, 0.25) is 0 Å². The number of aryl methyl sites for hydroxylation is 1. The molecule has 1 fully saturated rings. The van der Waals surface area contributed by atoms with E-state index in [0.717, 1.165) is 16.9 Å². The van der Waals surface area contributed by atoms with Crippen molar-refractivity contribution >= 4 is 29.2 Å². The van der Waals surface area contributed by atoms with E-state index in [1.165, 1.54) is 16.9 Å². The molecule has 3 aromatic heterocycles. The van der Waals surface area contributed by atoms with Crippen LogP contribution in [-0.2, 0) is 36.9 Å². The van der Waals surface area contributed by atoms with Crippen LogP contribution in [-0.4, -0.2) is 111 Å². The molecule has 266 valence electrons. The third-order valence-electron chi connectivity index (χ3n) is 8.07. The maximum absolute atomic E-state index is 13.0. The number of aromatic nitrogens is 5. The summed E-state index contributed by atoms with van der Waals surface area (Å²) in [5.41, 5.74) is 2.62. The number of rotatable bonds is 11. The van der Waals surface area contributed by atoms with E-state index in [4.69, 9.17) is 28.7 Å². The molecule has 1 aliphatic rings. The van der Waals surface area contributed by atoms with Crippen molar-refractivity contribution in [2.45, 2.75) is 71.1 Å². The Morgan fingerprint density at radius 3 is 2.46 bits per heavy atom. The maximum atomic E-state index is 13.0. The van der Waals surface area contributed by atoms with Crippen LogP contribution in [0.25, 0.3) is 22.4 Å². The fraction of sp³-hybridized carbons (Fsp3) is 0.457. The lowest BCUT2D eigenvalue weighted by molar-refractivity contribution is -0.145. The molecule has 1 saturated heterocycles. The first-order valence-corrected chi connectivity index (χ1v) is 16.2. The fourth-order valence-electron chi connectivity index (χ4n) is 5.66. The Hall–Kier alpha value is -5.31. The maximum Gasteiger partial charge on any atom is 0.410 e. The third-order valence-corrected chi connectivity index (χ3v) is 8.07. The third kappa shape index (κ3) is 8.64. The highest BCUT2D eigenvalue weighted by molar-refractivity contribution is 5.89. The monoisotopic (exact) mass is 689 g/mol. The Morgan fingerprint density at radius 2 is 1.76 bits per heavy atom. The predicted molar refractivity (Wildman–Crippen MR) is 181 cm³/mol. The van der Waals surface area contributed by atoms with E-state index in [1.54, 1.807) is 32.6 Å². The summed E-state index contributed by atoms with van der Waals surface area (Å²) in [6.07, 6.45) is 1.26. The number of hydrogen-bond donors (Lipinski definition) is 0. The highest BCUT2D eigenvalue weighted by Gasteiger charge is 2.43. The van der Waals surface area contributed by atoms with Gasteiger partial charge in [-0.2, -0.15) is 4.98 Å². The highest BCUT2D eigenvalue weighted by Crippen LogP contribution is 2.29. The first kappa shape index (κ1) is 36.0. The van der Waals surface area contributed by atoms with Crippen molar-refractivity contribution in [1.29, 1.82) is 0 Å². The molecule has 0 aliphatic carbocycles. The Morgan fingerprint density at radius 1 is 1.02 bits per heavy atom. The number of likely N-dealkylation sites (N-methyl/N-ethyl adjacent to an activating group) is 1. The summed E-state index contributed by atoms with van der Waals surface area (Å²) in [6, 6.07) is 11.9. The van der Waals surface area contributed by atoms with Crippen LogP contribution < -0.4 is 4.74 Å². The zero-order chi connectivity index (χ0) is 36.0. The van der Waals surface area contributed by atoms with Crippen molar-refractivity contribution in [2.24, 2.45) is 0 Å². The van der Waals surface area contributed by atoms with Gasteiger partial charge in [0.05, 0.1) is 49.6 Å². The summed E-state index contributed by atoms with van der Waals surface area (Å²) in [5, 5.41) is 0. The predicted octanol–water partition coefficient (Wildman–Crippen LogP) is 4.41. The van der Waals surface area contributed by atoms with Crippen molar-refractivity contribution in [3.8, 4) is 17.4 Å². The smallest absolute Gasteiger partial charge is 0.410 e. The van der Waals surface area contributed by atoms with Crippen LogP contribution >= 0.6 is 0 Å². The second-order valence-corrected chi connectivity index (χ2v) is 12.9. The molecule has 15 heteroatoms. The molecule has 2 amide bonds. The van der Waals surface area contributed by atoms with Crippen LogP contribution in [0.4, 0.5) is 9.59 Å². The number of nitrogens with zero attached hydrogens (tertiary/aromatic N) is 7. The number of fused-ring (bicyclic) bond motifs is 1. The van der Waals surface area contributed by atoms with Crippen LogP contribution in [0.15, 0.2) is 54.9 Å². The van der Waals surface area contributed by atoms with Gasteiger partial charge in [-0.3, -0.25) is 9.88 Å². The summed E-state index contributed by atoms with van der Waals surface area (Å²) >= 11 is 0. The van der Waals surface area contributed by atoms with Crippen molar-refractivity contribution in [2.75, 3.05) is 34.4 Å². The molecule has 0 N–H and O–H groups in total. The van der Waals surface area contributed by atoms with E-state index in [2.05, 4.69) is 15.0 Å². The van der Waals surface area contributed by atoms with Crippen molar-refractivity contribution < 1.29 is 38.1 Å². The molecule has 3 atom stereocenters. The number of carbonyl (C=O) groups excluding carboxylic acids is 3. The Balaban J connectivity index is 1.34. The quantitative estimate of drug-likeness (QED) is 0.161. The minimum atomic E-state index is -0.896. The largest absolute Gasteiger partial charge is 0.467 e. The molecule has 0 radical (unpaired) electrons. The molecular weight excluding hydrogens is 646 g/mol. The second kappa shape index (κ2) is 15.5. The van der Waals surface area contributed by atoms with Crippen molar-refractivity contribution in [3.63, 3.8) is 0 Å². The first-order valence-electron chi connectivity index (χ1n) is 16.2. The van der Waals surface area contributed by atoms with E-state index in [9.17, 15) is 14.4 Å². The number of ether oxygens (including phenoxy) is 5. The molecular formula is C35H43N7O8. The number of amides is 2. The van der Waals surface area contributed by atoms with Crippen LogP contribution in [0.1, 0.15) is 38.6 Å². The lowest BCUT2D eigenvalue weighted by Gasteiger charge is -2.27. The molecule has 4 heterocycles. The van der Waals surface area contributed by atoms with Gasteiger partial charge in [-0.25, -0.2) is 24.4 Å². The topological polar surface area (TPSA) is 160 Å². The summed E-state index contributed by atoms with van der Waals surface area (Å²) in [4.78, 5) is 59.5. The van der Waals surface area contributed by atoms with Gasteiger partial charge in [0, 0.05) is 33.0 Å². The van der Waals surface area contributed by atoms with Gasteiger partial charge in [0.25, 0.3) is 0 Å². The van der Waals surface area contributed by atoms with E-state index in [0.29, 0.717) is 23.4 Å². The summed E-state index contributed by atoms with van der Waals surface area (Å²) < 4.78 is 29.9. The molecule has 5 rings (SSSR count). The second-order valence-electron chi connectivity index (χ2n) is 12.9. The van der Waals surface area contributed by atoms with Gasteiger partial charge >= 0.3 is 24.2 Å². The Bertz CT molecular complexity index is 1810. The van der Waals surface area contributed by atoms with E-state index in [1.807, 2.05) is 68.7 Å². The van der Waals surface area contributed by atoms with Crippen molar-refractivity contribution in [1.82, 2.24) is 34.3 Å². The van der Waals surface area contributed by atoms with Crippen molar-refractivity contribution in [3.05, 3.63) is 66.2 Å². The number of carbonyl (C=O) groups is 3. The molecule has 50 heavy (non-hydrogen) atoms. The lowest BCUT2D eigenvalue weighted by Crippen LogP contribution is -2.41. The zero-order valence-corrected chi connectivity index (χ0v) is 29.4. The van der Waals surface area contributed by atoms with Gasteiger partial charge in [-0.05, 0) is 45.4 Å². The van der Waals surface area contributed by atoms with Crippen LogP contribution in [0.5, 0.6) is 6.01 Å². The van der Waals surface area contributed by atoms with Crippen LogP contribution in [0.3, 0.4) is 0 Å². The zero-order valence-electron chi connectivity index (χ0n) is 29.4. The average molecular weight is 690 g/mol. The molecule has 15 nitrogen and oxygen atoms in total. The Kier molecular flexibility index (Phi) is 11.1. The molecule has 0 unspecified atom stereocenters. The lowest BCUT2D eigenvalue weighted by atomic mass is 10.2. The van der Waals surface area contributed by atoms with Gasteiger partial charge < -0.3 is 33.2 Å². The molecule has 0 bridgehead atoms. The molecule has 0 saturated carbocycles. The highest BCUT2D eigenvalue weighted by atomic mass is 16.6. The van der Waals surface area contributed by atoms with E-state index in [-0.39, 0.29) is 32.1 Å². The minimum absolute atomic E-state index is 0.0472. The number of benzene rings is 1. The number of methoxy groups -OCH3 is 2. The summed E-state index contributed by atoms with van der Waals surface area (Å²) in [6.45, 7) is 8.10. The standard InChI is InChI=1S/C35H43N7O8/c1-22-38-27-14-15-36-29(30(27)41(22)20-25(46-6)18-40(5)33(44)50-35(2,3)4)26-13-16-37-32(39-26)49-24-17-28(31(43)47-7)42(19-24)34(45)48-21-23-11-9-8-10-12-23/h8-16,24-25,28H,17-21H2,1-7H3/t24-,25-,28-/m0/s1. The van der Waals surface area contributed by atoms with E-state index >= 15 is 0 Å². The molecule has 1 aromatic carbocycles. The number of imidazole rings is 1. The normalized spacial score (nSPS) is 16.6. The fourth-order valence-corrected chi connectivity index (χ4v) is 5.66. The summed E-state index contributed by atoms with van der Waals surface area (Å²) in [5.74, 6) is 0.148. The first-order chi connectivity index (χ1) is 23.9. The van der Waals surface area contributed by atoms with Gasteiger partial charge in [0.1, 0.15) is 35.9 Å². The molecule has 1 aliphatic heterocycles.